The summed E-state index contributed by atoms with van der Waals surface area (Å²) >= 11 is 10.4. The van der Waals surface area contributed by atoms with Gasteiger partial charge in [0.1, 0.15) is 0 Å². The molecule has 0 rings (SSSR count). The summed E-state index contributed by atoms with van der Waals surface area (Å²) in [6.45, 7) is 7.45. The predicted octanol–water partition coefficient (Wildman–Crippen LogP) is 4.48. The van der Waals surface area contributed by atoms with E-state index in [0.717, 1.165) is 0 Å². The topological polar surface area (TPSA) is 124 Å². The maximum absolute atomic E-state index is 8.88. The van der Waals surface area contributed by atoms with Crippen molar-refractivity contribution in [1.82, 2.24) is 0 Å². The Bertz CT molecular complexity index is 401. The van der Waals surface area contributed by atoms with Crippen LogP contribution in [0.4, 0.5) is 0 Å². The zero-order valence-electron chi connectivity index (χ0n) is 16.2. The molecule has 162 valence electrons. The van der Waals surface area contributed by atoms with Gasteiger partial charge in [-0.1, -0.05) is 26.7 Å². The van der Waals surface area contributed by atoms with E-state index in [4.69, 9.17) is 65.3 Å². The SMILES string of the molecule is CCCC.CCOP(=S)(OCC)OP(=S)(OCC)OCC.O=P(O)(O)O. The lowest BCUT2D eigenvalue weighted by molar-refractivity contribution is 0.176. The van der Waals surface area contributed by atoms with E-state index >= 15 is 0 Å². The van der Waals surface area contributed by atoms with E-state index in [1.54, 1.807) is 0 Å². The van der Waals surface area contributed by atoms with Gasteiger partial charge in [0.2, 0.25) is 0 Å². The summed E-state index contributed by atoms with van der Waals surface area (Å²) in [5.74, 6) is 0. The van der Waals surface area contributed by atoms with Crippen LogP contribution in [0.25, 0.3) is 0 Å². The second-order valence-corrected chi connectivity index (χ2v) is 11.3. The second kappa shape index (κ2) is 18.3. The maximum Gasteiger partial charge on any atom is 0.466 e. The summed E-state index contributed by atoms with van der Waals surface area (Å²) in [6, 6.07) is 0. The normalized spacial score (nSPS) is 11.9. The molecule has 0 spiro atoms. The fourth-order valence-electron chi connectivity index (χ4n) is 0.924. The number of rotatable bonds is 11. The number of phosphoric acid groups is 1. The summed E-state index contributed by atoms with van der Waals surface area (Å²) in [7, 11) is -4.64. The van der Waals surface area contributed by atoms with Gasteiger partial charge < -0.3 is 32.8 Å². The zero-order valence-corrected chi connectivity index (χ0v) is 20.5. The zero-order chi connectivity index (χ0) is 21.3. The predicted molar refractivity (Wildman–Crippen MR) is 111 cm³/mol. The molecule has 9 nitrogen and oxygen atoms in total. The van der Waals surface area contributed by atoms with Crippen LogP contribution >= 0.6 is 21.3 Å². The van der Waals surface area contributed by atoms with Crippen molar-refractivity contribution in [2.75, 3.05) is 26.4 Å². The highest BCUT2D eigenvalue weighted by Gasteiger charge is 2.31. The lowest BCUT2D eigenvalue weighted by Crippen LogP contribution is -2.03. The van der Waals surface area contributed by atoms with Gasteiger partial charge in [-0.2, -0.15) is 0 Å². The Labute approximate surface area is 167 Å². The van der Waals surface area contributed by atoms with Gasteiger partial charge in [-0.05, 0) is 51.3 Å². The van der Waals surface area contributed by atoms with E-state index in [9.17, 15) is 0 Å². The standard InChI is InChI=1S/C8H20O5P2S2.C4H10.H3O4P/c1-5-9-14(16,10-6-2)13-15(17,11-7-3)12-8-4;1-3-4-2;1-5(2,3)4/h5-8H2,1-4H3;3-4H2,1-2H3;(H3,1,2,3,4). The van der Waals surface area contributed by atoms with Crippen molar-refractivity contribution in [2.45, 2.75) is 54.4 Å². The van der Waals surface area contributed by atoms with Gasteiger partial charge >= 0.3 is 21.3 Å². The molecule has 0 atom stereocenters. The Morgan fingerprint density at radius 2 is 0.846 bits per heavy atom. The number of unbranched alkanes of at least 4 members (excludes halogenated alkanes) is 1. The van der Waals surface area contributed by atoms with Crippen molar-refractivity contribution in [3.05, 3.63) is 0 Å². The monoisotopic (exact) mass is 478 g/mol. The second-order valence-electron chi connectivity index (χ2n) is 4.16. The average molecular weight is 478 g/mol. The van der Waals surface area contributed by atoms with Gasteiger partial charge in [0.05, 0.1) is 26.4 Å². The van der Waals surface area contributed by atoms with E-state index in [0.29, 0.717) is 26.4 Å². The fraction of sp³-hybridized carbons (Fsp3) is 1.00. The van der Waals surface area contributed by atoms with Crippen molar-refractivity contribution in [1.29, 1.82) is 0 Å². The molecule has 3 N–H and O–H groups in total. The maximum atomic E-state index is 8.88. The lowest BCUT2D eigenvalue weighted by Gasteiger charge is -2.27. The van der Waals surface area contributed by atoms with Crippen LogP contribution in [0, 0.1) is 0 Å². The molecule has 26 heavy (non-hydrogen) atoms. The van der Waals surface area contributed by atoms with Gasteiger partial charge in [-0.25, -0.2) is 8.88 Å². The molecule has 0 radical (unpaired) electrons. The highest BCUT2D eigenvalue weighted by molar-refractivity contribution is 8.14. The molecular weight excluding hydrogens is 445 g/mol. The van der Waals surface area contributed by atoms with Crippen LogP contribution in [0.2, 0.25) is 0 Å². The smallest absolute Gasteiger partial charge is 0.309 e. The molecular formula is C12H33O9P3S2. The average Bonchev–Trinajstić information content (AvgIpc) is 2.46. The number of hydrogen-bond donors (Lipinski definition) is 3. The Hall–Kier alpha value is 1.21. The minimum atomic E-state index is -4.64. The first kappa shape index (κ1) is 31.9. The van der Waals surface area contributed by atoms with Gasteiger partial charge in [-0.15, -0.1) is 0 Å². The fourth-order valence-corrected chi connectivity index (χ4v) is 7.30. The molecule has 0 bridgehead atoms. The molecule has 0 saturated heterocycles. The van der Waals surface area contributed by atoms with E-state index in [2.05, 4.69) is 13.8 Å². The third-order valence-corrected chi connectivity index (χ3v) is 8.21. The Balaban J connectivity index is -0.000000484. The molecule has 0 aromatic heterocycles. The van der Waals surface area contributed by atoms with Crippen molar-refractivity contribution in [3.8, 4) is 0 Å². The van der Waals surface area contributed by atoms with Crippen LogP contribution < -0.4 is 0 Å². The van der Waals surface area contributed by atoms with Crippen LogP contribution in [-0.4, -0.2) is 41.1 Å². The first-order valence-corrected chi connectivity index (χ1v) is 14.8. The van der Waals surface area contributed by atoms with Gasteiger partial charge in [0, 0.05) is 0 Å². The molecule has 0 amide bonds. The van der Waals surface area contributed by atoms with Gasteiger partial charge in [0.25, 0.3) is 0 Å². The van der Waals surface area contributed by atoms with Crippen LogP contribution in [0.5, 0.6) is 0 Å². The highest BCUT2D eigenvalue weighted by atomic mass is 32.5. The summed E-state index contributed by atoms with van der Waals surface area (Å²) in [4.78, 5) is 21.6. The summed E-state index contributed by atoms with van der Waals surface area (Å²) in [5, 5.41) is 0. The van der Waals surface area contributed by atoms with Gasteiger partial charge in [-0.3, -0.25) is 0 Å². The number of hydrogen-bond acceptors (Lipinski definition) is 8. The van der Waals surface area contributed by atoms with E-state index in [-0.39, 0.29) is 0 Å². The van der Waals surface area contributed by atoms with Crippen molar-refractivity contribution >= 4 is 44.9 Å². The first-order chi connectivity index (χ1) is 11.9. The first-order valence-electron chi connectivity index (χ1n) is 8.14. The molecule has 0 heterocycles. The van der Waals surface area contributed by atoms with Crippen molar-refractivity contribution in [3.63, 3.8) is 0 Å². The third-order valence-electron chi connectivity index (χ3n) is 1.85. The molecule has 0 aromatic rings. The molecule has 0 aliphatic heterocycles. The molecule has 0 unspecified atom stereocenters. The van der Waals surface area contributed by atoms with E-state index in [1.807, 2.05) is 27.7 Å². The van der Waals surface area contributed by atoms with E-state index < -0.39 is 21.3 Å². The largest absolute Gasteiger partial charge is 0.466 e. The van der Waals surface area contributed by atoms with Crippen LogP contribution in [0.3, 0.4) is 0 Å². The third kappa shape index (κ3) is 25.2. The van der Waals surface area contributed by atoms with Crippen molar-refractivity contribution in [2.24, 2.45) is 0 Å². The molecule has 0 fully saturated rings. The molecule has 0 aliphatic carbocycles. The Kier molecular flexibility index (Phi) is 22.4. The minimum Gasteiger partial charge on any atom is -0.309 e. The van der Waals surface area contributed by atoms with Gasteiger partial charge in [0.15, 0.2) is 0 Å². The van der Waals surface area contributed by atoms with Crippen LogP contribution in [0.1, 0.15) is 54.4 Å². The Morgan fingerprint density at radius 3 is 0.962 bits per heavy atom. The summed E-state index contributed by atoms with van der Waals surface area (Å²) in [6.07, 6.45) is 2.64. The molecule has 0 aliphatic rings. The minimum absolute atomic E-state index is 0.394. The molecule has 14 heteroatoms. The van der Waals surface area contributed by atoms with E-state index in [1.165, 1.54) is 12.8 Å². The van der Waals surface area contributed by atoms with Crippen LogP contribution in [-0.2, 0) is 50.6 Å². The quantitative estimate of drug-likeness (QED) is 0.364. The Morgan fingerprint density at radius 1 is 0.654 bits per heavy atom. The summed E-state index contributed by atoms with van der Waals surface area (Å²) in [5.41, 5.74) is 0. The molecule has 0 saturated carbocycles. The van der Waals surface area contributed by atoms with Crippen LogP contribution in [0.15, 0.2) is 0 Å². The lowest BCUT2D eigenvalue weighted by atomic mass is 10.4. The van der Waals surface area contributed by atoms with Crippen molar-refractivity contribution < 1.29 is 41.7 Å². The molecule has 0 aromatic carbocycles. The summed E-state index contributed by atoms with van der Waals surface area (Å²) < 4.78 is 35.8. The highest BCUT2D eigenvalue weighted by Crippen LogP contribution is 2.66.